The van der Waals surface area contributed by atoms with E-state index >= 15 is 0 Å². The largest absolute Gasteiger partial charge is 0.497 e. The quantitative estimate of drug-likeness (QED) is 0.348. The number of anilines is 1. The molecule has 3 aromatic rings. The van der Waals surface area contributed by atoms with E-state index in [1.54, 1.807) is 37.5 Å². The molecule has 162 valence electrons. The van der Waals surface area contributed by atoms with Crippen molar-refractivity contribution in [2.24, 2.45) is 0 Å². The first-order valence-electron chi connectivity index (χ1n) is 9.80. The molecule has 2 aromatic carbocycles. The molecule has 8 heteroatoms. The smallest absolute Gasteiger partial charge is 0.270 e. The van der Waals surface area contributed by atoms with Crippen LogP contribution in [0.25, 0.3) is 11.8 Å². The van der Waals surface area contributed by atoms with E-state index in [0.29, 0.717) is 16.5 Å². The number of hydrogen-bond donors (Lipinski definition) is 1. The van der Waals surface area contributed by atoms with Gasteiger partial charge in [0.05, 0.1) is 12.8 Å². The number of amides is 2. The third-order valence-electron chi connectivity index (χ3n) is 5.27. The molecular weight excluding hydrogens is 446 g/mol. The number of ether oxygens (including phenoxy) is 1. The molecule has 2 amide bonds. The number of hydrogen-bond acceptors (Lipinski definition) is 4. The number of carbonyl (C=O) groups excluding carboxylic acids is 2. The molecule has 0 aliphatic carbocycles. The average molecular weight is 466 g/mol. The number of aryl methyl sites for hydroxylation is 1. The van der Waals surface area contributed by atoms with Crippen molar-refractivity contribution < 1.29 is 14.3 Å². The number of rotatable bonds is 4. The summed E-state index contributed by atoms with van der Waals surface area (Å²) in [5.74, 6) is -0.369. The molecular formula is C24H20ClN3O3S. The Morgan fingerprint density at radius 3 is 2.41 bits per heavy atom. The highest BCUT2D eigenvalue weighted by Gasteiger charge is 2.34. The van der Waals surface area contributed by atoms with Gasteiger partial charge in [0, 0.05) is 22.1 Å². The minimum atomic E-state index is -0.530. The second kappa shape index (κ2) is 8.61. The first kappa shape index (κ1) is 21.8. The Bertz CT molecular complexity index is 1280. The van der Waals surface area contributed by atoms with E-state index in [4.69, 9.17) is 28.6 Å². The molecule has 0 atom stereocenters. The van der Waals surface area contributed by atoms with Crippen molar-refractivity contribution in [2.45, 2.75) is 13.8 Å². The van der Waals surface area contributed by atoms with Crippen molar-refractivity contribution in [1.82, 2.24) is 9.88 Å². The molecule has 0 spiro atoms. The molecule has 1 aromatic heterocycles. The molecule has 1 fully saturated rings. The summed E-state index contributed by atoms with van der Waals surface area (Å²) in [7, 11) is 1.56. The number of nitrogens with one attached hydrogen (secondary N) is 1. The van der Waals surface area contributed by atoms with Gasteiger partial charge in [-0.05, 0) is 86.2 Å². The maximum Gasteiger partial charge on any atom is 0.270 e. The zero-order valence-electron chi connectivity index (χ0n) is 17.7. The van der Waals surface area contributed by atoms with Crippen LogP contribution in [0.5, 0.6) is 5.75 Å². The molecule has 2 heterocycles. The van der Waals surface area contributed by atoms with Crippen LogP contribution in [0.15, 0.2) is 60.2 Å². The van der Waals surface area contributed by atoms with Crippen LogP contribution in [-0.2, 0) is 9.59 Å². The van der Waals surface area contributed by atoms with Crippen molar-refractivity contribution in [3.63, 3.8) is 0 Å². The van der Waals surface area contributed by atoms with Crippen LogP contribution in [0.3, 0.4) is 0 Å². The van der Waals surface area contributed by atoms with Crippen LogP contribution < -0.4 is 15.0 Å². The van der Waals surface area contributed by atoms with Gasteiger partial charge in [0.15, 0.2) is 5.11 Å². The van der Waals surface area contributed by atoms with E-state index in [1.807, 2.05) is 48.7 Å². The van der Waals surface area contributed by atoms with Gasteiger partial charge in [0.2, 0.25) is 0 Å². The van der Waals surface area contributed by atoms with E-state index in [9.17, 15) is 9.59 Å². The molecule has 4 rings (SSSR count). The fourth-order valence-electron chi connectivity index (χ4n) is 3.73. The lowest BCUT2D eigenvalue weighted by molar-refractivity contribution is -0.122. The van der Waals surface area contributed by atoms with E-state index in [2.05, 4.69) is 5.32 Å². The number of benzene rings is 2. The summed E-state index contributed by atoms with van der Waals surface area (Å²) in [5, 5.41) is 3.27. The summed E-state index contributed by atoms with van der Waals surface area (Å²) in [6, 6.07) is 16.3. The summed E-state index contributed by atoms with van der Waals surface area (Å²) < 4.78 is 7.19. The highest BCUT2D eigenvalue weighted by Crippen LogP contribution is 2.27. The molecule has 1 saturated heterocycles. The highest BCUT2D eigenvalue weighted by molar-refractivity contribution is 7.80. The Kier molecular flexibility index (Phi) is 5.86. The minimum Gasteiger partial charge on any atom is -0.497 e. The summed E-state index contributed by atoms with van der Waals surface area (Å²) in [5.41, 5.74) is 4.02. The lowest BCUT2D eigenvalue weighted by atomic mass is 10.1. The molecule has 1 N–H and O–H groups in total. The Hall–Kier alpha value is -3.42. The second-order valence-corrected chi connectivity index (χ2v) is 8.12. The van der Waals surface area contributed by atoms with Gasteiger partial charge in [-0.2, -0.15) is 0 Å². The van der Waals surface area contributed by atoms with Gasteiger partial charge in [0.1, 0.15) is 11.3 Å². The molecule has 0 saturated carbocycles. The maximum atomic E-state index is 13.3. The number of carbonyl (C=O) groups is 2. The molecule has 1 aliphatic heterocycles. The number of thiocarbonyl (C=S) groups is 1. The Morgan fingerprint density at radius 1 is 1.03 bits per heavy atom. The van der Waals surface area contributed by atoms with Gasteiger partial charge in [-0.3, -0.25) is 19.8 Å². The minimum absolute atomic E-state index is 0.000706. The van der Waals surface area contributed by atoms with E-state index in [-0.39, 0.29) is 10.7 Å². The third-order valence-corrected chi connectivity index (χ3v) is 5.79. The van der Waals surface area contributed by atoms with E-state index in [0.717, 1.165) is 22.6 Å². The van der Waals surface area contributed by atoms with Crippen LogP contribution in [0.1, 0.15) is 17.0 Å². The highest BCUT2D eigenvalue weighted by atomic mass is 35.5. The predicted octanol–water partition coefficient (Wildman–Crippen LogP) is 4.59. The first-order chi connectivity index (χ1) is 15.3. The zero-order chi connectivity index (χ0) is 23.0. The summed E-state index contributed by atoms with van der Waals surface area (Å²) in [6.45, 7) is 3.88. The fourth-order valence-corrected chi connectivity index (χ4v) is 4.19. The van der Waals surface area contributed by atoms with Crippen LogP contribution in [-0.4, -0.2) is 28.6 Å². The van der Waals surface area contributed by atoms with Crippen LogP contribution >= 0.6 is 23.8 Å². The monoisotopic (exact) mass is 465 g/mol. The Morgan fingerprint density at radius 2 is 1.75 bits per heavy atom. The van der Waals surface area contributed by atoms with Crippen LogP contribution in [0, 0.1) is 13.8 Å². The molecule has 1 aliphatic rings. The van der Waals surface area contributed by atoms with Crippen molar-refractivity contribution >= 4 is 52.5 Å². The Labute approximate surface area is 196 Å². The summed E-state index contributed by atoms with van der Waals surface area (Å²) in [4.78, 5) is 27.2. The van der Waals surface area contributed by atoms with Crippen molar-refractivity contribution in [3.8, 4) is 11.4 Å². The van der Waals surface area contributed by atoms with Crippen LogP contribution in [0.4, 0.5) is 5.69 Å². The Balaban J connectivity index is 1.74. The normalized spacial score (nSPS) is 15.3. The van der Waals surface area contributed by atoms with Gasteiger partial charge in [-0.25, -0.2) is 0 Å². The number of aromatic nitrogens is 1. The van der Waals surface area contributed by atoms with Gasteiger partial charge in [-0.15, -0.1) is 0 Å². The van der Waals surface area contributed by atoms with Gasteiger partial charge in [-0.1, -0.05) is 17.7 Å². The number of nitrogens with zero attached hydrogens (tertiary/aromatic N) is 2. The maximum absolute atomic E-state index is 13.3. The predicted molar refractivity (Wildman–Crippen MR) is 129 cm³/mol. The molecule has 6 nitrogen and oxygen atoms in total. The lowest BCUT2D eigenvalue weighted by Gasteiger charge is -2.29. The van der Waals surface area contributed by atoms with Crippen molar-refractivity contribution in [1.29, 1.82) is 0 Å². The third kappa shape index (κ3) is 3.92. The standard InChI is InChI=1S/C24H20ClN3O3S/c1-14-11-16(15(2)27(14)19-6-4-5-17(25)13-19)12-21-22(29)26-24(32)28(23(21)30)18-7-9-20(31-3)10-8-18/h4-13H,1-3H3,(H,26,29,32)/b21-12+. The van der Waals surface area contributed by atoms with Crippen molar-refractivity contribution in [3.05, 3.63) is 82.1 Å². The summed E-state index contributed by atoms with van der Waals surface area (Å²) in [6.07, 6.45) is 1.60. The van der Waals surface area contributed by atoms with Crippen molar-refractivity contribution in [2.75, 3.05) is 12.0 Å². The number of methoxy groups -OCH3 is 1. The van der Waals surface area contributed by atoms with E-state index in [1.165, 1.54) is 4.90 Å². The SMILES string of the molecule is COc1ccc(N2C(=O)/C(=C/c3cc(C)n(-c4cccc(Cl)c4)c3C)C(=O)NC2=S)cc1. The van der Waals surface area contributed by atoms with Gasteiger partial charge in [0.25, 0.3) is 11.8 Å². The lowest BCUT2D eigenvalue weighted by Crippen LogP contribution is -2.54. The molecule has 0 radical (unpaired) electrons. The molecule has 0 bridgehead atoms. The molecule has 0 unspecified atom stereocenters. The van der Waals surface area contributed by atoms with Gasteiger partial charge < -0.3 is 9.30 Å². The topological polar surface area (TPSA) is 63.6 Å². The number of halogens is 1. The average Bonchev–Trinajstić information content (AvgIpc) is 3.04. The fraction of sp³-hybridized carbons (Fsp3) is 0.125. The molecule has 32 heavy (non-hydrogen) atoms. The summed E-state index contributed by atoms with van der Waals surface area (Å²) >= 11 is 11.4. The van der Waals surface area contributed by atoms with Gasteiger partial charge >= 0.3 is 0 Å². The van der Waals surface area contributed by atoms with Crippen LogP contribution in [0.2, 0.25) is 5.02 Å². The van der Waals surface area contributed by atoms with E-state index < -0.39 is 11.8 Å². The second-order valence-electron chi connectivity index (χ2n) is 7.30. The first-order valence-corrected chi connectivity index (χ1v) is 10.6. The zero-order valence-corrected chi connectivity index (χ0v) is 19.3.